The number of benzene rings is 3. The molecule has 2 heterocycles. The van der Waals surface area contributed by atoms with Gasteiger partial charge in [-0.25, -0.2) is 0 Å². The summed E-state index contributed by atoms with van der Waals surface area (Å²) in [4.78, 5) is 11.2. The molecule has 5 nitrogen and oxygen atoms in total. The molecule has 4 aromatic rings. The van der Waals surface area contributed by atoms with E-state index >= 15 is 0 Å². The predicted octanol–water partition coefficient (Wildman–Crippen LogP) is 7.21. The summed E-state index contributed by atoms with van der Waals surface area (Å²) in [6.07, 6.45) is 1.06. The Hall–Kier alpha value is -3.79. The fourth-order valence-corrected chi connectivity index (χ4v) is 5.67. The number of aliphatic carboxylic acids is 1. The van der Waals surface area contributed by atoms with Gasteiger partial charge in [-0.2, -0.15) is 0 Å². The first-order chi connectivity index (χ1) is 18.5. The van der Waals surface area contributed by atoms with Gasteiger partial charge in [-0.05, 0) is 71.8 Å². The molecule has 194 valence electrons. The highest BCUT2D eigenvalue weighted by Gasteiger charge is 2.18. The van der Waals surface area contributed by atoms with Crippen LogP contribution in [0.25, 0.3) is 21.2 Å². The van der Waals surface area contributed by atoms with Crippen molar-refractivity contribution in [1.82, 2.24) is 0 Å². The quantitative estimate of drug-likeness (QED) is 0.234. The molecule has 38 heavy (non-hydrogen) atoms. The minimum atomic E-state index is -0.855. The summed E-state index contributed by atoms with van der Waals surface area (Å²) in [5.74, 6) is 6.35. The molecule has 0 bridgehead atoms. The standard InChI is InChI=1S/C32H30O5S/c1-3-4-24(16-32(33)34)23-7-5-22(6-8-23)18-36-25-10-12-31-29(17-25)30(20-38-31)28-11-9-26(15-21(28)2)37-27-13-14-35-19-27/h5-12,15,17,20,24,27H,13-14,16,18-19H2,1-2H3,(H,33,34). The number of thiophene rings is 1. The zero-order valence-electron chi connectivity index (χ0n) is 21.5. The van der Waals surface area contributed by atoms with E-state index in [1.54, 1.807) is 18.3 Å². The molecule has 1 saturated heterocycles. The summed E-state index contributed by atoms with van der Waals surface area (Å²) in [6, 6.07) is 20.3. The van der Waals surface area contributed by atoms with E-state index in [4.69, 9.17) is 14.2 Å². The maximum absolute atomic E-state index is 11.2. The van der Waals surface area contributed by atoms with E-state index in [9.17, 15) is 9.90 Å². The minimum Gasteiger partial charge on any atom is -0.489 e. The Morgan fingerprint density at radius 3 is 2.63 bits per heavy atom. The van der Waals surface area contributed by atoms with Gasteiger partial charge in [-0.1, -0.05) is 36.3 Å². The van der Waals surface area contributed by atoms with Gasteiger partial charge < -0.3 is 19.3 Å². The fourth-order valence-electron chi connectivity index (χ4n) is 4.73. The second-order valence-corrected chi connectivity index (χ2v) is 10.4. The first kappa shape index (κ1) is 25.8. The number of hydrogen-bond acceptors (Lipinski definition) is 5. The van der Waals surface area contributed by atoms with Gasteiger partial charge in [0.1, 0.15) is 24.2 Å². The van der Waals surface area contributed by atoms with E-state index in [0.29, 0.717) is 13.2 Å². The fraction of sp³-hybridized carbons (Fsp3) is 0.281. The van der Waals surface area contributed by atoms with Crippen LogP contribution in [-0.2, 0) is 16.1 Å². The summed E-state index contributed by atoms with van der Waals surface area (Å²) in [5.41, 5.74) is 5.45. The second-order valence-electron chi connectivity index (χ2n) is 9.46. The molecule has 1 aliphatic rings. The van der Waals surface area contributed by atoms with Crippen LogP contribution >= 0.6 is 11.3 Å². The van der Waals surface area contributed by atoms with Gasteiger partial charge in [0.15, 0.2) is 0 Å². The van der Waals surface area contributed by atoms with Crippen LogP contribution < -0.4 is 9.47 Å². The monoisotopic (exact) mass is 526 g/mol. The molecule has 1 N–H and O–H groups in total. The van der Waals surface area contributed by atoms with Crippen molar-refractivity contribution in [2.24, 2.45) is 0 Å². The van der Waals surface area contributed by atoms with E-state index in [1.165, 1.54) is 26.8 Å². The van der Waals surface area contributed by atoms with Gasteiger partial charge in [-0.3, -0.25) is 4.79 Å². The third kappa shape index (κ3) is 6.02. The zero-order valence-corrected chi connectivity index (χ0v) is 22.3. The normalized spacial score (nSPS) is 15.6. The molecular formula is C32H30O5S. The maximum atomic E-state index is 11.2. The largest absolute Gasteiger partial charge is 0.489 e. The van der Waals surface area contributed by atoms with Gasteiger partial charge in [0.05, 0.1) is 25.6 Å². The van der Waals surface area contributed by atoms with E-state index in [-0.39, 0.29) is 18.4 Å². The van der Waals surface area contributed by atoms with E-state index in [1.807, 2.05) is 36.4 Å². The van der Waals surface area contributed by atoms with Crippen LogP contribution in [0.4, 0.5) is 0 Å². The molecule has 1 fully saturated rings. The zero-order chi connectivity index (χ0) is 26.5. The van der Waals surface area contributed by atoms with Crippen molar-refractivity contribution in [2.75, 3.05) is 13.2 Å². The van der Waals surface area contributed by atoms with Crippen LogP contribution in [0.2, 0.25) is 0 Å². The molecule has 5 rings (SSSR count). The molecule has 0 saturated carbocycles. The molecule has 0 radical (unpaired) electrons. The molecule has 2 unspecified atom stereocenters. The molecule has 3 aromatic carbocycles. The molecule has 2 atom stereocenters. The average molecular weight is 527 g/mol. The van der Waals surface area contributed by atoms with E-state index in [2.05, 4.69) is 48.4 Å². The summed E-state index contributed by atoms with van der Waals surface area (Å²) >= 11 is 1.73. The molecule has 1 aliphatic heterocycles. The minimum absolute atomic E-state index is 0.00954. The molecular weight excluding hydrogens is 496 g/mol. The van der Waals surface area contributed by atoms with Crippen LogP contribution in [0.1, 0.15) is 42.4 Å². The van der Waals surface area contributed by atoms with Crippen LogP contribution in [0.15, 0.2) is 66.0 Å². The topological polar surface area (TPSA) is 65.0 Å². The Kier molecular flexibility index (Phi) is 7.97. The first-order valence-corrected chi connectivity index (χ1v) is 13.6. The molecule has 0 spiro atoms. The lowest BCUT2D eigenvalue weighted by atomic mass is 9.95. The number of aryl methyl sites for hydroxylation is 1. The van der Waals surface area contributed by atoms with Crippen LogP contribution in [0, 0.1) is 18.8 Å². The Balaban J connectivity index is 1.30. The number of carboxylic acids is 1. The highest BCUT2D eigenvalue weighted by molar-refractivity contribution is 7.17. The van der Waals surface area contributed by atoms with Crippen molar-refractivity contribution in [3.8, 4) is 34.5 Å². The smallest absolute Gasteiger partial charge is 0.304 e. The predicted molar refractivity (Wildman–Crippen MR) is 151 cm³/mol. The number of rotatable bonds is 9. The van der Waals surface area contributed by atoms with Gasteiger partial charge in [0.25, 0.3) is 0 Å². The summed E-state index contributed by atoms with van der Waals surface area (Å²) in [5, 5.41) is 12.5. The van der Waals surface area contributed by atoms with E-state index < -0.39 is 5.97 Å². The first-order valence-electron chi connectivity index (χ1n) is 12.7. The van der Waals surface area contributed by atoms with Crippen molar-refractivity contribution in [3.63, 3.8) is 0 Å². The lowest BCUT2D eigenvalue weighted by molar-refractivity contribution is -0.137. The van der Waals surface area contributed by atoms with Crippen molar-refractivity contribution in [2.45, 2.75) is 45.3 Å². The third-order valence-electron chi connectivity index (χ3n) is 6.71. The van der Waals surface area contributed by atoms with Crippen LogP contribution in [-0.4, -0.2) is 30.4 Å². The van der Waals surface area contributed by atoms with Gasteiger partial charge in [-0.15, -0.1) is 17.3 Å². The van der Waals surface area contributed by atoms with Gasteiger partial charge in [0.2, 0.25) is 0 Å². The third-order valence-corrected chi connectivity index (χ3v) is 7.67. The average Bonchev–Trinajstić information content (AvgIpc) is 3.57. The number of carbonyl (C=O) groups is 1. The summed E-state index contributed by atoms with van der Waals surface area (Å²) in [7, 11) is 0. The SMILES string of the molecule is CC#CC(CC(=O)O)c1ccc(COc2ccc3scc(-c4ccc(OC5CCOC5)cc4C)c3c2)cc1. The van der Waals surface area contributed by atoms with Crippen molar-refractivity contribution >= 4 is 27.4 Å². The van der Waals surface area contributed by atoms with Gasteiger partial charge >= 0.3 is 5.97 Å². The Labute approximate surface area is 227 Å². The van der Waals surface area contributed by atoms with E-state index in [0.717, 1.165) is 35.7 Å². The second kappa shape index (κ2) is 11.7. The Bertz CT molecular complexity index is 1490. The van der Waals surface area contributed by atoms with Crippen LogP contribution in [0.5, 0.6) is 11.5 Å². The molecule has 0 amide bonds. The van der Waals surface area contributed by atoms with Crippen molar-refractivity contribution in [3.05, 3.63) is 82.7 Å². The molecule has 6 heteroatoms. The van der Waals surface area contributed by atoms with Crippen molar-refractivity contribution < 1.29 is 24.1 Å². The highest BCUT2D eigenvalue weighted by atomic mass is 32.1. The number of ether oxygens (including phenoxy) is 3. The highest BCUT2D eigenvalue weighted by Crippen LogP contribution is 2.38. The molecule has 0 aliphatic carbocycles. The summed E-state index contributed by atoms with van der Waals surface area (Å²) in [6.45, 7) is 5.68. The van der Waals surface area contributed by atoms with Crippen LogP contribution in [0.3, 0.4) is 0 Å². The van der Waals surface area contributed by atoms with Gasteiger partial charge in [0, 0.05) is 22.1 Å². The lowest BCUT2D eigenvalue weighted by Crippen LogP contribution is -2.15. The molecule has 1 aromatic heterocycles. The van der Waals surface area contributed by atoms with Crippen molar-refractivity contribution in [1.29, 1.82) is 0 Å². The Morgan fingerprint density at radius 2 is 1.92 bits per heavy atom. The number of hydrogen-bond donors (Lipinski definition) is 1. The number of carboxylic acid groups (broad SMARTS) is 1. The lowest BCUT2D eigenvalue weighted by Gasteiger charge is -2.14. The maximum Gasteiger partial charge on any atom is 0.304 e. The summed E-state index contributed by atoms with van der Waals surface area (Å²) < 4.78 is 18.9. The number of fused-ring (bicyclic) bond motifs is 1. The Morgan fingerprint density at radius 1 is 1.11 bits per heavy atom.